The highest BCUT2D eigenvalue weighted by atomic mass is 16.5. The average molecular weight is 386 g/mol. The summed E-state index contributed by atoms with van der Waals surface area (Å²) in [5, 5.41) is 12.4. The third-order valence-electron chi connectivity index (χ3n) is 5.74. The van der Waals surface area contributed by atoms with Gasteiger partial charge in [-0.2, -0.15) is 5.26 Å². The maximum absolute atomic E-state index is 12.4. The van der Waals surface area contributed by atoms with E-state index in [1.54, 1.807) is 14.2 Å². The Morgan fingerprint density at radius 1 is 1.11 bits per heavy atom. The summed E-state index contributed by atoms with van der Waals surface area (Å²) in [4.78, 5) is 16.9. The van der Waals surface area contributed by atoms with Gasteiger partial charge in [-0.25, -0.2) is 0 Å². The first-order chi connectivity index (χ1) is 13.6. The maximum atomic E-state index is 12.4. The number of nitrogens with one attached hydrogen (secondary N) is 1. The number of benzene rings is 1. The fraction of sp³-hybridized carbons (Fsp3) is 0.619. The number of carbonyl (C=O) groups is 1. The number of methoxy groups -OCH3 is 2. The number of nitriles is 1. The molecule has 0 spiro atoms. The van der Waals surface area contributed by atoms with E-state index in [0.29, 0.717) is 6.54 Å². The van der Waals surface area contributed by atoms with Crippen LogP contribution in [0.5, 0.6) is 11.5 Å². The van der Waals surface area contributed by atoms with Crippen LogP contribution in [0.1, 0.15) is 31.2 Å². The first-order valence-corrected chi connectivity index (χ1v) is 9.95. The van der Waals surface area contributed by atoms with E-state index in [1.165, 1.54) is 5.56 Å². The Morgan fingerprint density at radius 3 is 2.36 bits per heavy atom. The molecule has 1 saturated heterocycles. The number of carbonyl (C=O) groups excluding carboxylic acids is 1. The molecule has 0 aromatic heterocycles. The molecule has 28 heavy (non-hydrogen) atoms. The van der Waals surface area contributed by atoms with E-state index >= 15 is 0 Å². The van der Waals surface area contributed by atoms with E-state index in [-0.39, 0.29) is 5.91 Å². The van der Waals surface area contributed by atoms with Crippen LogP contribution in [-0.2, 0) is 11.3 Å². The van der Waals surface area contributed by atoms with Crippen LogP contribution in [0.25, 0.3) is 0 Å². The van der Waals surface area contributed by atoms with Crippen molar-refractivity contribution in [3.63, 3.8) is 0 Å². The summed E-state index contributed by atoms with van der Waals surface area (Å²) in [6, 6.07) is 8.33. The maximum Gasteiger partial charge on any atom is 0.235 e. The highest BCUT2D eigenvalue weighted by Gasteiger charge is 2.35. The molecule has 7 nitrogen and oxygen atoms in total. The van der Waals surface area contributed by atoms with Crippen LogP contribution in [0.3, 0.4) is 0 Å². The van der Waals surface area contributed by atoms with Crippen LogP contribution in [0, 0.1) is 11.3 Å². The molecule has 1 aliphatic heterocycles. The van der Waals surface area contributed by atoms with Gasteiger partial charge in [0.1, 0.15) is 5.54 Å². The molecular weight excluding hydrogens is 356 g/mol. The van der Waals surface area contributed by atoms with Crippen LogP contribution in [0.15, 0.2) is 18.2 Å². The van der Waals surface area contributed by atoms with Crippen molar-refractivity contribution in [2.75, 3.05) is 46.9 Å². The van der Waals surface area contributed by atoms with Gasteiger partial charge in [-0.05, 0) is 43.4 Å². The zero-order chi connectivity index (χ0) is 20.0. The molecule has 7 heteroatoms. The molecule has 1 heterocycles. The number of rotatable bonds is 7. The van der Waals surface area contributed by atoms with E-state index in [1.807, 2.05) is 12.1 Å². The van der Waals surface area contributed by atoms with Crippen molar-refractivity contribution in [1.29, 1.82) is 5.26 Å². The lowest BCUT2D eigenvalue weighted by atomic mass is 10.00. The smallest absolute Gasteiger partial charge is 0.235 e. The summed E-state index contributed by atoms with van der Waals surface area (Å²) in [6.45, 7) is 4.72. The second-order valence-corrected chi connectivity index (χ2v) is 7.69. The first-order valence-electron chi connectivity index (χ1n) is 9.95. The lowest BCUT2D eigenvalue weighted by Gasteiger charge is -2.35. The van der Waals surface area contributed by atoms with Crippen LogP contribution in [0.2, 0.25) is 0 Å². The molecule has 1 aromatic rings. The minimum atomic E-state index is -0.633. The SMILES string of the molecule is COc1ccc(CN2CCN(CC(=O)NC3(C#N)CCCC3)CC2)cc1OC. The van der Waals surface area contributed by atoms with Gasteiger partial charge in [-0.3, -0.25) is 14.6 Å². The largest absolute Gasteiger partial charge is 0.493 e. The van der Waals surface area contributed by atoms with E-state index in [0.717, 1.165) is 69.9 Å². The summed E-state index contributed by atoms with van der Waals surface area (Å²) >= 11 is 0. The Bertz CT molecular complexity index is 717. The minimum Gasteiger partial charge on any atom is -0.493 e. The fourth-order valence-electron chi connectivity index (χ4n) is 4.10. The molecule has 0 unspecified atom stereocenters. The van der Waals surface area contributed by atoms with Crippen molar-refractivity contribution in [2.45, 2.75) is 37.8 Å². The minimum absolute atomic E-state index is 0.0307. The Balaban J connectivity index is 1.46. The molecule has 152 valence electrons. The molecular formula is C21H30N4O3. The van der Waals surface area contributed by atoms with Gasteiger partial charge in [0.15, 0.2) is 11.5 Å². The van der Waals surface area contributed by atoms with E-state index in [2.05, 4.69) is 27.3 Å². The van der Waals surface area contributed by atoms with Gasteiger partial charge >= 0.3 is 0 Å². The molecule has 2 aliphatic rings. The summed E-state index contributed by atoms with van der Waals surface area (Å²) in [7, 11) is 3.28. The molecule has 1 saturated carbocycles. The van der Waals surface area contributed by atoms with Crippen LogP contribution < -0.4 is 14.8 Å². The molecule has 2 fully saturated rings. The van der Waals surface area contributed by atoms with Gasteiger partial charge < -0.3 is 14.8 Å². The Morgan fingerprint density at radius 2 is 1.75 bits per heavy atom. The Labute approximate surface area is 167 Å². The van der Waals surface area contributed by atoms with Gasteiger partial charge in [0.25, 0.3) is 0 Å². The van der Waals surface area contributed by atoms with Gasteiger partial charge in [0.05, 0.1) is 26.8 Å². The summed E-state index contributed by atoms with van der Waals surface area (Å²) in [6.07, 6.45) is 3.58. The number of nitrogens with zero attached hydrogens (tertiary/aromatic N) is 3. The third-order valence-corrected chi connectivity index (χ3v) is 5.74. The summed E-state index contributed by atoms with van der Waals surface area (Å²) in [5.41, 5.74) is 0.549. The summed E-state index contributed by atoms with van der Waals surface area (Å²) < 4.78 is 10.7. The second-order valence-electron chi connectivity index (χ2n) is 7.69. The molecule has 0 bridgehead atoms. The van der Waals surface area contributed by atoms with Crippen LogP contribution >= 0.6 is 0 Å². The number of amides is 1. The van der Waals surface area contributed by atoms with Gasteiger partial charge in [0, 0.05) is 32.7 Å². The van der Waals surface area contributed by atoms with Crippen molar-refractivity contribution in [3.8, 4) is 17.6 Å². The predicted octanol–water partition coefficient (Wildman–Crippen LogP) is 1.77. The average Bonchev–Trinajstić information content (AvgIpc) is 3.18. The predicted molar refractivity (Wildman–Crippen MR) is 106 cm³/mol. The Kier molecular flexibility index (Phi) is 6.76. The molecule has 1 aromatic carbocycles. The van der Waals surface area contributed by atoms with Crippen molar-refractivity contribution < 1.29 is 14.3 Å². The monoisotopic (exact) mass is 386 g/mol. The van der Waals surface area contributed by atoms with Gasteiger partial charge in [-0.1, -0.05) is 6.07 Å². The summed E-state index contributed by atoms with van der Waals surface area (Å²) in [5.74, 6) is 1.45. The number of hydrogen-bond donors (Lipinski definition) is 1. The molecule has 0 atom stereocenters. The van der Waals surface area contributed by atoms with Gasteiger partial charge in [-0.15, -0.1) is 0 Å². The van der Waals surface area contributed by atoms with Crippen molar-refractivity contribution in [2.24, 2.45) is 0 Å². The highest BCUT2D eigenvalue weighted by Crippen LogP contribution is 2.29. The molecule has 0 radical (unpaired) electrons. The van der Waals surface area contributed by atoms with E-state index < -0.39 is 5.54 Å². The fourth-order valence-corrected chi connectivity index (χ4v) is 4.10. The standard InChI is InChI=1S/C21H30N4O3/c1-27-18-6-5-17(13-19(18)28-2)14-24-9-11-25(12-10-24)15-20(26)23-21(16-22)7-3-4-8-21/h5-6,13H,3-4,7-12,14-15H2,1-2H3,(H,23,26). The number of hydrogen-bond acceptors (Lipinski definition) is 6. The Hall–Kier alpha value is -2.30. The quantitative estimate of drug-likeness (QED) is 0.770. The van der Waals surface area contributed by atoms with Gasteiger partial charge in [0.2, 0.25) is 5.91 Å². The highest BCUT2D eigenvalue weighted by molar-refractivity contribution is 5.79. The van der Waals surface area contributed by atoms with Crippen LogP contribution in [0.4, 0.5) is 0 Å². The number of ether oxygens (including phenoxy) is 2. The van der Waals surface area contributed by atoms with E-state index in [9.17, 15) is 10.1 Å². The van der Waals surface area contributed by atoms with Crippen molar-refractivity contribution in [1.82, 2.24) is 15.1 Å². The normalized spacial score (nSPS) is 19.8. The molecule has 1 aliphatic carbocycles. The lowest BCUT2D eigenvalue weighted by molar-refractivity contribution is -0.124. The van der Waals surface area contributed by atoms with Crippen molar-refractivity contribution in [3.05, 3.63) is 23.8 Å². The second kappa shape index (κ2) is 9.26. The third kappa shape index (κ3) is 4.94. The first kappa shape index (κ1) is 20.4. The van der Waals surface area contributed by atoms with Crippen LogP contribution in [-0.4, -0.2) is 68.2 Å². The number of piperazine rings is 1. The zero-order valence-corrected chi connectivity index (χ0v) is 16.9. The topological polar surface area (TPSA) is 77.8 Å². The molecule has 3 rings (SSSR count). The lowest BCUT2D eigenvalue weighted by Crippen LogP contribution is -2.52. The molecule has 1 amide bonds. The zero-order valence-electron chi connectivity index (χ0n) is 16.9. The van der Waals surface area contributed by atoms with Crippen molar-refractivity contribution >= 4 is 5.91 Å². The van der Waals surface area contributed by atoms with E-state index in [4.69, 9.17) is 9.47 Å². The molecule has 1 N–H and O–H groups in total.